The summed E-state index contributed by atoms with van der Waals surface area (Å²) < 4.78 is 5.24. The van der Waals surface area contributed by atoms with Crippen LogP contribution < -0.4 is 16.6 Å². The van der Waals surface area contributed by atoms with E-state index < -0.39 is 0 Å². The van der Waals surface area contributed by atoms with E-state index in [4.69, 9.17) is 10.6 Å². The maximum atomic E-state index is 10.9. The van der Waals surface area contributed by atoms with Crippen molar-refractivity contribution in [1.29, 1.82) is 0 Å². The number of hydrogen-bond donors (Lipinski definition) is 3. The van der Waals surface area contributed by atoms with Gasteiger partial charge in [0.1, 0.15) is 0 Å². The van der Waals surface area contributed by atoms with Gasteiger partial charge in [0.25, 0.3) is 0 Å². The summed E-state index contributed by atoms with van der Waals surface area (Å²) in [7, 11) is 1.69. The minimum atomic E-state index is -0.340. The number of hydrogen-bond acceptors (Lipinski definition) is 3. The predicted octanol–water partition coefficient (Wildman–Crippen LogP) is -0.0272. The van der Waals surface area contributed by atoms with E-state index in [2.05, 4.69) is 19.2 Å². The minimum Gasteiger partial charge on any atom is -0.381 e. The molecule has 0 aromatic rings. The molecule has 1 aliphatic rings. The van der Waals surface area contributed by atoms with Crippen molar-refractivity contribution in [3.05, 3.63) is 0 Å². The van der Waals surface area contributed by atoms with Gasteiger partial charge in [-0.1, -0.05) is 13.8 Å². The molecule has 2 unspecified atom stereocenters. The van der Waals surface area contributed by atoms with E-state index >= 15 is 0 Å². The number of carbonyl (C=O) groups excluding carboxylic acids is 1. The molecular formula is C8H17N3O2. The second-order valence-corrected chi connectivity index (χ2v) is 3.95. The highest BCUT2D eigenvalue weighted by molar-refractivity contribution is 5.73. The van der Waals surface area contributed by atoms with E-state index in [1.807, 2.05) is 5.43 Å². The Morgan fingerprint density at radius 1 is 1.62 bits per heavy atom. The zero-order valence-corrected chi connectivity index (χ0v) is 8.26. The summed E-state index contributed by atoms with van der Waals surface area (Å²) in [5, 5.41) is 2.77. The lowest BCUT2D eigenvalue weighted by Gasteiger charge is -2.51. The average Bonchev–Trinajstić information content (AvgIpc) is 2.10. The maximum absolute atomic E-state index is 10.9. The number of methoxy groups -OCH3 is 1. The molecule has 4 N–H and O–H groups in total. The molecule has 0 spiro atoms. The number of hydrazine groups is 1. The summed E-state index contributed by atoms with van der Waals surface area (Å²) >= 11 is 0. The summed E-state index contributed by atoms with van der Waals surface area (Å²) in [4.78, 5) is 10.9. The fourth-order valence-corrected chi connectivity index (χ4v) is 1.73. The molecule has 1 rings (SSSR count). The topological polar surface area (TPSA) is 76.4 Å². The van der Waals surface area contributed by atoms with Gasteiger partial charge < -0.3 is 10.1 Å². The number of nitrogens with one attached hydrogen (secondary N) is 2. The van der Waals surface area contributed by atoms with Crippen LogP contribution in [0.2, 0.25) is 0 Å². The summed E-state index contributed by atoms with van der Waals surface area (Å²) in [6, 6.07) is -0.200. The Hall–Kier alpha value is -0.810. The van der Waals surface area contributed by atoms with E-state index in [9.17, 15) is 4.79 Å². The van der Waals surface area contributed by atoms with Gasteiger partial charge in [-0.15, -0.1) is 0 Å². The highest BCUT2D eigenvalue weighted by atomic mass is 16.5. The Bertz CT molecular complexity index is 206. The van der Waals surface area contributed by atoms with Crippen molar-refractivity contribution < 1.29 is 9.53 Å². The lowest BCUT2D eigenvalue weighted by molar-refractivity contribution is -0.0935. The molecule has 1 fully saturated rings. The van der Waals surface area contributed by atoms with Gasteiger partial charge in [0.2, 0.25) is 0 Å². The second kappa shape index (κ2) is 3.51. The third kappa shape index (κ3) is 1.76. The number of nitrogens with two attached hydrogens (primary N) is 1. The van der Waals surface area contributed by atoms with E-state index in [-0.39, 0.29) is 23.6 Å². The minimum absolute atomic E-state index is 0.0126. The van der Waals surface area contributed by atoms with Gasteiger partial charge in [-0.2, -0.15) is 0 Å². The highest BCUT2D eigenvalue weighted by Crippen LogP contribution is 2.42. The van der Waals surface area contributed by atoms with Crippen molar-refractivity contribution in [2.75, 3.05) is 7.11 Å². The van der Waals surface area contributed by atoms with Gasteiger partial charge in [-0.25, -0.2) is 10.6 Å². The Balaban J connectivity index is 2.44. The van der Waals surface area contributed by atoms with Gasteiger partial charge in [-0.05, 0) is 6.42 Å². The molecule has 2 atom stereocenters. The Labute approximate surface area is 78.0 Å². The molecule has 0 aliphatic heterocycles. The summed E-state index contributed by atoms with van der Waals surface area (Å²) in [5.41, 5.74) is 2.03. The molecule has 2 amide bonds. The first-order valence-electron chi connectivity index (χ1n) is 4.32. The van der Waals surface area contributed by atoms with Gasteiger partial charge in [0.15, 0.2) is 0 Å². The number of urea groups is 1. The van der Waals surface area contributed by atoms with Crippen LogP contribution >= 0.6 is 0 Å². The molecule has 1 saturated carbocycles. The van der Waals surface area contributed by atoms with Crippen LogP contribution in [-0.2, 0) is 4.74 Å². The van der Waals surface area contributed by atoms with Crippen LogP contribution in [0.1, 0.15) is 20.3 Å². The van der Waals surface area contributed by atoms with Gasteiger partial charge in [-0.3, -0.25) is 5.43 Å². The van der Waals surface area contributed by atoms with Gasteiger partial charge >= 0.3 is 6.03 Å². The van der Waals surface area contributed by atoms with Crippen LogP contribution in [0.4, 0.5) is 4.79 Å². The summed E-state index contributed by atoms with van der Waals surface area (Å²) in [6.45, 7) is 4.12. The zero-order valence-electron chi connectivity index (χ0n) is 8.26. The number of rotatable bonds is 2. The summed E-state index contributed by atoms with van der Waals surface area (Å²) in [6.07, 6.45) is 1.06. The summed E-state index contributed by atoms with van der Waals surface area (Å²) in [5.74, 6) is 4.96. The maximum Gasteiger partial charge on any atom is 0.329 e. The zero-order chi connectivity index (χ0) is 10.1. The van der Waals surface area contributed by atoms with Crippen LogP contribution in [0.3, 0.4) is 0 Å². The molecule has 0 bridgehead atoms. The lowest BCUT2D eigenvalue weighted by atomic mass is 9.64. The number of ether oxygens (including phenoxy) is 1. The molecule has 0 aromatic heterocycles. The SMILES string of the molecule is COC1CC(NC(=O)NN)C1(C)C. The van der Waals surface area contributed by atoms with Crippen LogP contribution in [0.15, 0.2) is 0 Å². The van der Waals surface area contributed by atoms with Crippen LogP contribution in [0.5, 0.6) is 0 Å². The first kappa shape index (κ1) is 10.3. The molecule has 0 aromatic carbocycles. The van der Waals surface area contributed by atoms with Crippen LogP contribution in [0, 0.1) is 5.41 Å². The molecule has 13 heavy (non-hydrogen) atoms. The lowest BCUT2D eigenvalue weighted by Crippen LogP contribution is -2.63. The normalized spacial score (nSPS) is 30.5. The number of carbonyl (C=O) groups is 1. The first-order chi connectivity index (χ1) is 6.02. The molecule has 76 valence electrons. The molecule has 0 saturated heterocycles. The molecule has 0 radical (unpaired) electrons. The Morgan fingerprint density at radius 3 is 2.62 bits per heavy atom. The quantitative estimate of drug-likeness (QED) is 0.323. The van der Waals surface area contributed by atoms with E-state index in [0.717, 1.165) is 6.42 Å². The predicted molar refractivity (Wildman–Crippen MR) is 48.8 cm³/mol. The van der Waals surface area contributed by atoms with Crippen molar-refractivity contribution in [1.82, 2.24) is 10.7 Å². The first-order valence-corrected chi connectivity index (χ1v) is 4.32. The van der Waals surface area contributed by atoms with Crippen molar-refractivity contribution in [2.45, 2.75) is 32.4 Å². The third-order valence-corrected chi connectivity index (χ3v) is 2.90. The van der Waals surface area contributed by atoms with Crippen molar-refractivity contribution in [3.63, 3.8) is 0 Å². The smallest absolute Gasteiger partial charge is 0.329 e. The number of amides is 2. The molecule has 5 heteroatoms. The fourth-order valence-electron chi connectivity index (χ4n) is 1.73. The van der Waals surface area contributed by atoms with E-state index in [1.165, 1.54) is 0 Å². The largest absolute Gasteiger partial charge is 0.381 e. The Kier molecular flexibility index (Phi) is 2.77. The van der Waals surface area contributed by atoms with Crippen molar-refractivity contribution in [2.24, 2.45) is 11.3 Å². The molecule has 5 nitrogen and oxygen atoms in total. The van der Waals surface area contributed by atoms with Crippen molar-refractivity contribution >= 4 is 6.03 Å². The molecule has 1 aliphatic carbocycles. The van der Waals surface area contributed by atoms with E-state index in [1.54, 1.807) is 7.11 Å². The van der Waals surface area contributed by atoms with Crippen LogP contribution in [-0.4, -0.2) is 25.3 Å². The van der Waals surface area contributed by atoms with Gasteiger partial charge in [0.05, 0.1) is 6.10 Å². The fraction of sp³-hybridized carbons (Fsp3) is 0.875. The standard InChI is InChI=1S/C8H17N3O2/c1-8(2)5(4-6(8)13-3)10-7(12)11-9/h5-6H,4,9H2,1-3H3,(H2,10,11,12). The van der Waals surface area contributed by atoms with Crippen LogP contribution in [0.25, 0.3) is 0 Å². The van der Waals surface area contributed by atoms with E-state index in [0.29, 0.717) is 0 Å². The molecular weight excluding hydrogens is 170 g/mol. The monoisotopic (exact) mass is 187 g/mol. The average molecular weight is 187 g/mol. The molecule has 0 heterocycles. The highest BCUT2D eigenvalue weighted by Gasteiger charge is 2.49. The van der Waals surface area contributed by atoms with Crippen molar-refractivity contribution in [3.8, 4) is 0 Å². The Morgan fingerprint density at radius 2 is 2.23 bits per heavy atom. The van der Waals surface area contributed by atoms with Gasteiger partial charge in [0, 0.05) is 18.6 Å². The second-order valence-electron chi connectivity index (χ2n) is 3.95. The third-order valence-electron chi connectivity index (χ3n) is 2.90.